The SMILES string of the molecule is O=C(CCN1CCC[C@H]1c1nc2ccc(F)cc2[nH]1)Nc1nccs1. The number of imidazole rings is 1. The molecule has 2 N–H and O–H groups in total. The van der Waals surface area contributed by atoms with Crippen molar-refractivity contribution in [2.75, 3.05) is 18.4 Å². The van der Waals surface area contributed by atoms with E-state index in [-0.39, 0.29) is 17.8 Å². The molecule has 1 amide bonds. The number of carbonyl (C=O) groups excluding carboxylic acids is 1. The summed E-state index contributed by atoms with van der Waals surface area (Å²) in [7, 11) is 0. The van der Waals surface area contributed by atoms with Crippen LogP contribution in [0.15, 0.2) is 29.8 Å². The Morgan fingerprint density at radius 3 is 3.24 bits per heavy atom. The van der Waals surface area contributed by atoms with Gasteiger partial charge < -0.3 is 10.3 Å². The summed E-state index contributed by atoms with van der Waals surface area (Å²) in [6, 6.07) is 4.71. The number of likely N-dealkylation sites (tertiary alicyclic amines) is 1. The quantitative estimate of drug-likeness (QED) is 0.733. The average Bonchev–Trinajstić information content (AvgIpc) is 3.32. The normalized spacial score (nSPS) is 18.0. The lowest BCUT2D eigenvalue weighted by molar-refractivity contribution is -0.116. The zero-order valence-corrected chi connectivity index (χ0v) is 14.4. The van der Waals surface area contributed by atoms with Gasteiger partial charge in [0.05, 0.1) is 17.1 Å². The molecule has 0 spiro atoms. The molecule has 3 aromatic rings. The first-order valence-corrected chi connectivity index (χ1v) is 9.15. The molecule has 130 valence electrons. The van der Waals surface area contributed by atoms with Gasteiger partial charge in [-0.1, -0.05) is 0 Å². The Hall–Kier alpha value is -2.32. The second kappa shape index (κ2) is 6.89. The van der Waals surface area contributed by atoms with Crippen molar-refractivity contribution in [2.24, 2.45) is 0 Å². The Bertz CT molecular complexity index is 878. The number of hydrogen-bond acceptors (Lipinski definition) is 5. The Balaban J connectivity index is 1.41. The third-order valence-electron chi connectivity index (χ3n) is 4.45. The highest BCUT2D eigenvalue weighted by Crippen LogP contribution is 2.31. The number of rotatable bonds is 5. The van der Waals surface area contributed by atoms with E-state index in [9.17, 15) is 9.18 Å². The van der Waals surface area contributed by atoms with E-state index in [1.807, 2.05) is 5.38 Å². The number of nitrogens with one attached hydrogen (secondary N) is 2. The van der Waals surface area contributed by atoms with Crippen molar-refractivity contribution in [1.82, 2.24) is 19.9 Å². The minimum Gasteiger partial charge on any atom is -0.341 e. The van der Waals surface area contributed by atoms with E-state index in [0.717, 1.165) is 30.7 Å². The fourth-order valence-electron chi connectivity index (χ4n) is 3.27. The summed E-state index contributed by atoms with van der Waals surface area (Å²) in [5.41, 5.74) is 1.48. The third-order valence-corrected chi connectivity index (χ3v) is 5.13. The predicted octanol–water partition coefficient (Wildman–Crippen LogP) is 3.32. The molecule has 1 aliphatic rings. The molecule has 0 unspecified atom stereocenters. The number of hydrogen-bond donors (Lipinski definition) is 2. The molecule has 0 aliphatic carbocycles. The Morgan fingerprint density at radius 1 is 1.48 bits per heavy atom. The number of H-pyrrole nitrogens is 1. The standard InChI is InChI=1S/C17H18FN5OS/c18-11-3-4-12-13(10-11)21-16(20-12)14-2-1-7-23(14)8-5-15(24)22-17-19-6-9-25-17/h3-4,6,9-10,14H,1-2,5,7-8H2,(H,20,21)(H,19,22,24)/t14-/m0/s1. The van der Waals surface area contributed by atoms with Gasteiger partial charge in [-0.25, -0.2) is 14.4 Å². The summed E-state index contributed by atoms with van der Waals surface area (Å²) in [5, 5.41) is 5.26. The molecule has 1 atom stereocenters. The lowest BCUT2D eigenvalue weighted by atomic mass is 10.2. The van der Waals surface area contributed by atoms with Crippen molar-refractivity contribution in [2.45, 2.75) is 25.3 Å². The summed E-state index contributed by atoms with van der Waals surface area (Å²) in [4.78, 5) is 26.2. The summed E-state index contributed by atoms with van der Waals surface area (Å²) >= 11 is 1.41. The molecular weight excluding hydrogens is 341 g/mol. The zero-order valence-electron chi connectivity index (χ0n) is 13.5. The molecule has 2 aromatic heterocycles. The summed E-state index contributed by atoms with van der Waals surface area (Å²) in [6.07, 6.45) is 4.12. The van der Waals surface area contributed by atoms with Gasteiger partial charge in [0.15, 0.2) is 5.13 Å². The summed E-state index contributed by atoms with van der Waals surface area (Å²) in [5.74, 6) is 0.538. The van der Waals surface area contributed by atoms with Gasteiger partial charge >= 0.3 is 0 Å². The van der Waals surface area contributed by atoms with E-state index in [2.05, 4.69) is 25.2 Å². The van der Waals surface area contributed by atoms with Crippen molar-refractivity contribution in [1.29, 1.82) is 0 Å². The number of fused-ring (bicyclic) bond motifs is 1. The molecule has 6 nitrogen and oxygen atoms in total. The first-order chi connectivity index (χ1) is 12.2. The predicted molar refractivity (Wildman–Crippen MR) is 95.0 cm³/mol. The minimum atomic E-state index is -0.273. The van der Waals surface area contributed by atoms with Crippen LogP contribution in [0.5, 0.6) is 0 Å². The number of halogens is 1. The van der Waals surface area contributed by atoms with Crippen molar-refractivity contribution in [3.8, 4) is 0 Å². The monoisotopic (exact) mass is 359 g/mol. The number of anilines is 1. The smallest absolute Gasteiger partial charge is 0.227 e. The van der Waals surface area contributed by atoms with Crippen molar-refractivity contribution >= 4 is 33.4 Å². The lowest BCUT2D eigenvalue weighted by Gasteiger charge is -2.22. The first-order valence-electron chi connectivity index (χ1n) is 8.27. The van der Waals surface area contributed by atoms with Gasteiger partial charge in [-0.3, -0.25) is 9.69 Å². The van der Waals surface area contributed by atoms with Gasteiger partial charge in [0.2, 0.25) is 5.91 Å². The Morgan fingerprint density at radius 2 is 2.40 bits per heavy atom. The molecule has 0 saturated carbocycles. The largest absolute Gasteiger partial charge is 0.341 e. The number of thiazole rings is 1. The summed E-state index contributed by atoms with van der Waals surface area (Å²) < 4.78 is 13.4. The molecule has 1 fully saturated rings. The van der Waals surface area contributed by atoms with Crippen LogP contribution in [-0.2, 0) is 4.79 Å². The van der Waals surface area contributed by atoms with Gasteiger partial charge in [0.1, 0.15) is 11.6 Å². The highest BCUT2D eigenvalue weighted by molar-refractivity contribution is 7.13. The van der Waals surface area contributed by atoms with Crippen LogP contribution in [0.4, 0.5) is 9.52 Å². The maximum atomic E-state index is 13.4. The van der Waals surface area contributed by atoms with Crippen LogP contribution in [0.1, 0.15) is 31.1 Å². The Kier molecular flexibility index (Phi) is 4.46. The lowest BCUT2D eigenvalue weighted by Crippen LogP contribution is -2.28. The van der Waals surface area contributed by atoms with Crippen LogP contribution in [0.25, 0.3) is 11.0 Å². The topological polar surface area (TPSA) is 73.9 Å². The molecule has 1 aromatic carbocycles. The molecule has 8 heteroatoms. The average molecular weight is 359 g/mol. The van der Waals surface area contributed by atoms with Gasteiger partial charge in [-0.2, -0.15) is 0 Å². The fraction of sp³-hybridized carbons (Fsp3) is 0.353. The highest BCUT2D eigenvalue weighted by atomic mass is 32.1. The van der Waals surface area contributed by atoms with E-state index in [0.29, 0.717) is 23.6 Å². The molecular formula is C17H18FN5OS. The van der Waals surface area contributed by atoms with Crippen LogP contribution in [0.3, 0.4) is 0 Å². The van der Waals surface area contributed by atoms with E-state index >= 15 is 0 Å². The van der Waals surface area contributed by atoms with E-state index < -0.39 is 0 Å². The molecule has 1 saturated heterocycles. The van der Waals surface area contributed by atoms with Crippen LogP contribution >= 0.6 is 11.3 Å². The molecule has 25 heavy (non-hydrogen) atoms. The van der Waals surface area contributed by atoms with Gasteiger partial charge in [0.25, 0.3) is 0 Å². The number of nitrogens with zero attached hydrogens (tertiary/aromatic N) is 3. The third kappa shape index (κ3) is 3.54. The first kappa shape index (κ1) is 16.2. The van der Waals surface area contributed by atoms with Gasteiger partial charge in [-0.05, 0) is 37.6 Å². The number of carbonyl (C=O) groups is 1. The number of amides is 1. The minimum absolute atomic E-state index is 0.0349. The van der Waals surface area contributed by atoms with Crippen molar-refractivity contribution in [3.63, 3.8) is 0 Å². The van der Waals surface area contributed by atoms with Gasteiger partial charge in [-0.15, -0.1) is 11.3 Å². The number of aromatic amines is 1. The van der Waals surface area contributed by atoms with Crippen LogP contribution in [0.2, 0.25) is 0 Å². The second-order valence-corrected chi connectivity index (χ2v) is 7.01. The van der Waals surface area contributed by atoms with Crippen molar-refractivity contribution < 1.29 is 9.18 Å². The zero-order chi connectivity index (χ0) is 17.2. The number of aromatic nitrogens is 3. The molecule has 0 radical (unpaired) electrons. The maximum absolute atomic E-state index is 13.4. The maximum Gasteiger partial charge on any atom is 0.227 e. The highest BCUT2D eigenvalue weighted by Gasteiger charge is 2.28. The van der Waals surface area contributed by atoms with E-state index in [1.165, 1.54) is 23.5 Å². The van der Waals surface area contributed by atoms with E-state index in [1.54, 1.807) is 12.3 Å². The van der Waals surface area contributed by atoms with Crippen LogP contribution in [0, 0.1) is 5.82 Å². The van der Waals surface area contributed by atoms with Crippen molar-refractivity contribution in [3.05, 3.63) is 41.4 Å². The molecule has 3 heterocycles. The molecule has 0 bridgehead atoms. The van der Waals surface area contributed by atoms with E-state index in [4.69, 9.17) is 0 Å². The van der Waals surface area contributed by atoms with Crippen LogP contribution < -0.4 is 5.32 Å². The Labute approximate surface area is 148 Å². The summed E-state index contributed by atoms with van der Waals surface area (Å²) in [6.45, 7) is 1.59. The van der Waals surface area contributed by atoms with Crippen LogP contribution in [-0.4, -0.2) is 38.8 Å². The second-order valence-electron chi connectivity index (χ2n) is 6.11. The molecule has 4 rings (SSSR count). The molecule has 1 aliphatic heterocycles. The van der Waals surface area contributed by atoms with Gasteiger partial charge in [0, 0.05) is 24.5 Å². The number of benzene rings is 1. The fourth-order valence-corrected chi connectivity index (χ4v) is 3.82.